The van der Waals surface area contributed by atoms with Crippen molar-refractivity contribution < 1.29 is 14.3 Å². The van der Waals surface area contributed by atoms with Gasteiger partial charge in [0.1, 0.15) is 5.69 Å². The molecule has 0 radical (unpaired) electrons. The van der Waals surface area contributed by atoms with Crippen LogP contribution in [0.15, 0.2) is 12.1 Å². The zero-order chi connectivity index (χ0) is 14.7. The summed E-state index contributed by atoms with van der Waals surface area (Å²) in [7, 11) is 1.81. The number of hydrogen-bond acceptors (Lipinski definition) is 3. The van der Waals surface area contributed by atoms with E-state index in [1.807, 2.05) is 13.0 Å². The Balaban J connectivity index is 1.87. The number of rotatable bonds is 3. The predicted octanol–water partition coefficient (Wildman–Crippen LogP) is 1.75. The molecular weight excluding hydrogens is 256 g/mol. The maximum absolute atomic E-state index is 12.0. The number of carbonyl (C=O) groups excluding carboxylic acids is 2. The number of amides is 1. The highest BCUT2D eigenvalue weighted by atomic mass is 16.5. The highest BCUT2D eigenvalue weighted by Crippen LogP contribution is 2.15. The minimum Gasteiger partial charge on any atom is -0.451 e. The zero-order valence-electron chi connectivity index (χ0n) is 12.4. The fourth-order valence-electron chi connectivity index (χ4n) is 2.53. The molecule has 1 unspecified atom stereocenters. The Bertz CT molecular complexity index is 507. The molecule has 5 heteroatoms. The Morgan fingerprint density at radius 2 is 2.15 bits per heavy atom. The van der Waals surface area contributed by atoms with Crippen molar-refractivity contribution in [3.8, 4) is 0 Å². The zero-order valence-corrected chi connectivity index (χ0v) is 12.4. The Morgan fingerprint density at radius 1 is 1.40 bits per heavy atom. The second kappa shape index (κ2) is 6.11. The molecule has 1 aromatic rings. The molecule has 1 aromatic heterocycles. The van der Waals surface area contributed by atoms with Crippen molar-refractivity contribution in [2.75, 3.05) is 19.7 Å². The first-order chi connectivity index (χ1) is 9.49. The molecule has 0 saturated carbocycles. The van der Waals surface area contributed by atoms with Crippen LogP contribution in [-0.4, -0.2) is 41.0 Å². The average molecular weight is 278 g/mol. The van der Waals surface area contributed by atoms with Crippen LogP contribution in [0.3, 0.4) is 0 Å². The maximum atomic E-state index is 12.0. The summed E-state index contributed by atoms with van der Waals surface area (Å²) in [6, 6.07) is 3.57. The third-order valence-corrected chi connectivity index (χ3v) is 3.92. The van der Waals surface area contributed by atoms with E-state index < -0.39 is 5.97 Å². The lowest BCUT2D eigenvalue weighted by molar-refractivity contribution is -0.136. The highest BCUT2D eigenvalue weighted by Gasteiger charge is 2.22. The summed E-state index contributed by atoms with van der Waals surface area (Å²) >= 11 is 0. The molecule has 20 heavy (non-hydrogen) atoms. The Labute approximate surface area is 119 Å². The Morgan fingerprint density at radius 3 is 2.75 bits per heavy atom. The minimum absolute atomic E-state index is 0.101. The van der Waals surface area contributed by atoms with Gasteiger partial charge in [0.2, 0.25) is 0 Å². The van der Waals surface area contributed by atoms with Gasteiger partial charge in [-0.1, -0.05) is 6.92 Å². The molecule has 1 aliphatic heterocycles. The van der Waals surface area contributed by atoms with Crippen molar-refractivity contribution in [2.24, 2.45) is 13.0 Å². The lowest BCUT2D eigenvalue weighted by Gasteiger charge is -2.30. The van der Waals surface area contributed by atoms with Crippen molar-refractivity contribution in [1.82, 2.24) is 9.47 Å². The van der Waals surface area contributed by atoms with Gasteiger partial charge in [0, 0.05) is 25.8 Å². The van der Waals surface area contributed by atoms with Crippen molar-refractivity contribution >= 4 is 11.9 Å². The normalized spacial score (nSPS) is 18.9. The quantitative estimate of drug-likeness (QED) is 0.791. The summed E-state index contributed by atoms with van der Waals surface area (Å²) in [5.74, 6) is -0.0197. The molecular formula is C15H22N2O3. The topological polar surface area (TPSA) is 51.5 Å². The predicted molar refractivity (Wildman–Crippen MR) is 75.4 cm³/mol. The number of esters is 1. The fourth-order valence-corrected chi connectivity index (χ4v) is 2.53. The van der Waals surface area contributed by atoms with E-state index in [0.29, 0.717) is 11.6 Å². The standard InChI is InChI=1S/C15H22N2O3/c1-11-5-4-8-17(9-11)14(18)10-20-15(19)13-7-6-12(2)16(13)3/h6-7,11H,4-5,8-10H2,1-3H3. The summed E-state index contributed by atoms with van der Waals surface area (Å²) in [5, 5.41) is 0. The van der Waals surface area contributed by atoms with Gasteiger partial charge in [-0.2, -0.15) is 0 Å². The monoisotopic (exact) mass is 278 g/mol. The second-order valence-corrected chi connectivity index (χ2v) is 5.58. The molecule has 1 atom stereocenters. The second-order valence-electron chi connectivity index (χ2n) is 5.58. The third-order valence-electron chi connectivity index (χ3n) is 3.92. The number of hydrogen-bond donors (Lipinski definition) is 0. The van der Waals surface area contributed by atoms with Gasteiger partial charge in [0.05, 0.1) is 0 Å². The van der Waals surface area contributed by atoms with E-state index in [1.165, 1.54) is 0 Å². The molecule has 1 aliphatic rings. The first-order valence-corrected chi connectivity index (χ1v) is 7.06. The SMILES string of the molecule is Cc1ccc(C(=O)OCC(=O)N2CCCC(C)C2)n1C. The third kappa shape index (κ3) is 3.21. The van der Waals surface area contributed by atoms with Crippen molar-refractivity contribution in [1.29, 1.82) is 0 Å². The van der Waals surface area contributed by atoms with Gasteiger partial charge in [-0.15, -0.1) is 0 Å². The summed E-state index contributed by atoms with van der Waals surface area (Å²) in [4.78, 5) is 25.7. The maximum Gasteiger partial charge on any atom is 0.355 e. The van der Waals surface area contributed by atoms with Gasteiger partial charge < -0.3 is 14.2 Å². The fraction of sp³-hybridized carbons (Fsp3) is 0.600. The Kier molecular flexibility index (Phi) is 4.47. The van der Waals surface area contributed by atoms with E-state index in [-0.39, 0.29) is 12.5 Å². The molecule has 1 saturated heterocycles. The van der Waals surface area contributed by atoms with Crippen molar-refractivity contribution in [2.45, 2.75) is 26.7 Å². The van der Waals surface area contributed by atoms with Crippen LogP contribution >= 0.6 is 0 Å². The molecule has 110 valence electrons. The van der Waals surface area contributed by atoms with E-state index in [9.17, 15) is 9.59 Å². The lowest BCUT2D eigenvalue weighted by atomic mass is 10.0. The van der Waals surface area contributed by atoms with Gasteiger partial charge in [-0.05, 0) is 37.8 Å². The summed E-state index contributed by atoms with van der Waals surface area (Å²) < 4.78 is 6.88. The highest BCUT2D eigenvalue weighted by molar-refractivity contribution is 5.90. The number of ether oxygens (including phenoxy) is 1. The van der Waals surface area contributed by atoms with Crippen LogP contribution in [-0.2, 0) is 16.6 Å². The number of carbonyl (C=O) groups is 2. The largest absolute Gasteiger partial charge is 0.451 e. The first-order valence-electron chi connectivity index (χ1n) is 7.06. The number of aryl methyl sites for hydroxylation is 1. The molecule has 0 bridgehead atoms. The summed E-state index contributed by atoms with van der Waals surface area (Å²) in [5.41, 5.74) is 1.45. The van der Waals surface area contributed by atoms with Gasteiger partial charge in [-0.3, -0.25) is 4.79 Å². The average Bonchev–Trinajstić information content (AvgIpc) is 2.76. The van der Waals surface area contributed by atoms with E-state index in [1.54, 1.807) is 22.6 Å². The lowest BCUT2D eigenvalue weighted by Crippen LogP contribution is -2.41. The number of likely N-dealkylation sites (tertiary alicyclic amines) is 1. The van der Waals surface area contributed by atoms with Crippen molar-refractivity contribution in [3.63, 3.8) is 0 Å². The van der Waals surface area contributed by atoms with Crippen LogP contribution in [0.5, 0.6) is 0 Å². The van der Waals surface area contributed by atoms with Gasteiger partial charge >= 0.3 is 5.97 Å². The number of piperidine rings is 1. The molecule has 2 rings (SSSR count). The molecule has 2 heterocycles. The molecule has 5 nitrogen and oxygen atoms in total. The minimum atomic E-state index is -0.445. The van der Waals surface area contributed by atoms with Gasteiger partial charge in [-0.25, -0.2) is 4.79 Å². The van der Waals surface area contributed by atoms with Gasteiger partial charge in [0.25, 0.3) is 5.91 Å². The van der Waals surface area contributed by atoms with E-state index in [4.69, 9.17) is 4.74 Å². The van der Waals surface area contributed by atoms with Crippen LogP contribution in [0.1, 0.15) is 35.9 Å². The van der Waals surface area contributed by atoms with Crippen LogP contribution < -0.4 is 0 Å². The summed E-state index contributed by atoms with van der Waals surface area (Å²) in [6.07, 6.45) is 2.18. The first kappa shape index (κ1) is 14.6. The smallest absolute Gasteiger partial charge is 0.355 e. The number of aromatic nitrogens is 1. The van der Waals surface area contributed by atoms with Crippen LogP contribution in [0.2, 0.25) is 0 Å². The number of nitrogens with zero attached hydrogens (tertiary/aromatic N) is 2. The van der Waals surface area contributed by atoms with Crippen LogP contribution in [0, 0.1) is 12.8 Å². The Hall–Kier alpha value is -1.78. The molecule has 1 fully saturated rings. The van der Waals surface area contributed by atoms with Crippen LogP contribution in [0.25, 0.3) is 0 Å². The van der Waals surface area contributed by atoms with Gasteiger partial charge in [0.15, 0.2) is 6.61 Å². The molecule has 0 spiro atoms. The van der Waals surface area contributed by atoms with Crippen LogP contribution in [0.4, 0.5) is 0 Å². The molecule has 0 aliphatic carbocycles. The van der Waals surface area contributed by atoms with Crippen molar-refractivity contribution in [3.05, 3.63) is 23.5 Å². The molecule has 1 amide bonds. The molecule has 0 N–H and O–H groups in total. The van der Waals surface area contributed by atoms with E-state index in [2.05, 4.69) is 6.92 Å². The molecule has 0 aromatic carbocycles. The van der Waals surface area contributed by atoms with E-state index >= 15 is 0 Å². The summed E-state index contributed by atoms with van der Waals surface area (Å²) in [6.45, 7) is 5.41. The van der Waals surface area contributed by atoms with E-state index in [0.717, 1.165) is 31.6 Å².